The maximum Gasteiger partial charge on any atom is 0.408 e. The van der Waals surface area contributed by atoms with E-state index in [-0.39, 0.29) is 5.91 Å². The zero-order chi connectivity index (χ0) is 24.6. The first kappa shape index (κ1) is 25.9. The standard InChI is InChI=1S/C25H33N3O5/c1-17-10-9-13-19(14-17)21(22(30)26-15-18-11-7-6-8-12-18)28(5)23(31)20(16-29)27-24(32)33-25(2,3)4/h6-14,20-21,29H,15-16H2,1-5H3,(H,26,30)(H,27,32). The van der Waals surface area contributed by atoms with E-state index in [0.29, 0.717) is 12.1 Å². The van der Waals surface area contributed by atoms with Gasteiger partial charge in [-0.1, -0.05) is 60.2 Å². The SMILES string of the molecule is Cc1cccc(C(C(=O)NCc2ccccc2)N(C)C(=O)C(CO)NC(=O)OC(C)(C)C)c1. The van der Waals surface area contributed by atoms with Gasteiger partial charge in [-0.3, -0.25) is 9.59 Å². The molecule has 0 spiro atoms. The molecular weight excluding hydrogens is 422 g/mol. The van der Waals surface area contributed by atoms with E-state index in [9.17, 15) is 19.5 Å². The molecule has 2 aromatic rings. The number of amides is 3. The Kier molecular flexibility index (Phi) is 8.99. The van der Waals surface area contributed by atoms with Crippen LogP contribution in [0, 0.1) is 6.92 Å². The maximum atomic E-state index is 13.2. The van der Waals surface area contributed by atoms with Crippen molar-refractivity contribution in [2.24, 2.45) is 0 Å². The molecule has 0 saturated carbocycles. The van der Waals surface area contributed by atoms with Gasteiger partial charge in [0, 0.05) is 13.6 Å². The highest BCUT2D eigenvalue weighted by atomic mass is 16.6. The molecule has 0 heterocycles. The van der Waals surface area contributed by atoms with E-state index in [4.69, 9.17) is 4.74 Å². The number of alkyl carbamates (subject to hydrolysis) is 1. The summed E-state index contributed by atoms with van der Waals surface area (Å²) in [5, 5.41) is 15.0. The van der Waals surface area contributed by atoms with Gasteiger partial charge in [0.25, 0.3) is 0 Å². The molecule has 2 rings (SSSR count). The van der Waals surface area contributed by atoms with Crippen molar-refractivity contribution < 1.29 is 24.2 Å². The van der Waals surface area contributed by atoms with Gasteiger partial charge in [-0.2, -0.15) is 0 Å². The Bertz CT molecular complexity index is 956. The molecule has 0 bridgehead atoms. The Morgan fingerprint density at radius 2 is 1.73 bits per heavy atom. The van der Waals surface area contributed by atoms with Crippen LogP contribution < -0.4 is 10.6 Å². The fraction of sp³-hybridized carbons (Fsp3) is 0.400. The van der Waals surface area contributed by atoms with Crippen LogP contribution >= 0.6 is 0 Å². The number of aliphatic hydroxyl groups is 1. The molecule has 2 aromatic carbocycles. The van der Waals surface area contributed by atoms with Crippen molar-refractivity contribution in [2.75, 3.05) is 13.7 Å². The number of ether oxygens (including phenoxy) is 1. The first-order valence-corrected chi connectivity index (χ1v) is 10.8. The lowest BCUT2D eigenvalue weighted by Gasteiger charge is -2.31. The Labute approximate surface area is 194 Å². The highest BCUT2D eigenvalue weighted by Gasteiger charge is 2.33. The van der Waals surface area contributed by atoms with Crippen molar-refractivity contribution in [2.45, 2.75) is 51.9 Å². The molecule has 0 aliphatic carbocycles. The van der Waals surface area contributed by atoms with Crippen molar-refractivity contribution in [3.63, 3.8) is 0 Å². The van der Waals surface area contributed by atoms with E-state index >= 15 is 0 Å². The van der Waals surface area contributed by atoms with Crippen LogP contribution in [-0.4, -0.2) is 53.2 Å². The molecule has 0 saturated heterocycles. The lowest BCUT2D eigenvalue weighted by Crippen LogP contribution is -2.53. The highest BCUT2D eigenvalue weighted by molar-refractivity contribution is 5.92. The van der Waals surface area contributed by atoms with Gasteiger partial charge in [-0.25, -0.2) is 4.79 Å². The molecule has 3 amide bonds. The summed E-state index contributed by atoms with van der Waals surface area (Å²) in [5.74, 6) is -1.00. The second kappa shape index (κ2) is 11.5. The molecule has 8 heteroatoms. The van der Waals surface area contributed by atoms with Gasteiger partial charge in [0.2, 0.25) is 11.8 Å². The van der Waals surface area contributed by atoms with Gasteiger partial charge >= 0.3 is 6.09 Å². The third kappa shape index (κ3) is 7.91. The van der Waals surface area contributed by atoms with Crippen LogP contribution in [0.2, 0.25) is 0 Å². The summed E-state index contributed by atoms with van der Waals surface area (Å²) in [6.45, 7) is 6.63. The lowest BCUT2D eigenvalue weighted by atomic mass is 10.0. The molecule has 0 aromatic heterocycles. The van der Waals surface area contributed by atoms with E-state index < -0.39 is 36.3 Å². The fourth-order valence-electron chi connectivity index (χ4n) is 3.28. The molecule has 33 heavy (non-hydrogen) atoms. The number of aryl methyl sites for hydroxylation is 1. The van der Waals surface area contributed by atoms with Gasteiger partial charge in [0.15, 0.2) is 0 Å². The molecule has 8 nitrogen and oxygen atoms in total. The summed E-state index contributed by atoms with van der Waals surface area (Å²) < 4.78 is 5.18. The Morgan fingerprint density at radius 3 is 2.30 bits per heavy atom. The molecule has 2 atom stereocenters. The van der Waals surface area contributed by atoms with Crippen LogP contribution in [0.15, 0.2) is 54.6 Å². The number of nitrogens with one attached hydrogen (secondary N) is 2. The molecule has 0 fully saturated rings. The van der Waals surface area contributed by atoms with E-state index in [2.05, 4.69) is 10.6 Å². The largest absolute Gasteiger partial charge is 0.444 e. The normalized spacial score (nSPS) is 12.9. The van der Waals surface area contributed by atoms with Crippen molar-refractivity contribution in [1.82, 2.24) is 15.5 Å². The van der Waals surface area contributed by atoms with Crippen molar-refractivity contribution in [3.8, 4) is 0 Å². The summed E-state index contributed by atoms with van der Waals surface area (Å²) in [5.41, 5.74) is 1.70. The topological polar surface area (TPSA) is 108 Å². The van der Waals surface area contributed by atoms with Crippen LogP contribution in [0.25, 0.3) is 0 Å². The number of hydrogen-bond donors (Lipinski definition) is 3. The number of aliphatic hydroxyl groups excluding tert-OH is 1. The predicted octanol–water partition coefficient (Wildman–Crippen LogP) is 2.70. The molecule has 0 aliphatic heterocycles. The minimum Gasteiger partial charge on any atom is -0.444 e. The maximum absolute atomic E-state index is 13.2. The van der Waals surface area contributed by atoms with Crippen LogP contribution in [-0.2, 0) is 20.9 Å². The van der Waals surface area contributed by atoms with Gasteiger partial charge in [-0.15, -0.1) is 0 Å². The molecular formula is C25H33N3O5. The average Bonchev–Trinajstić information content (AvgIpc) is 2.75. The van der Waals surface area contributed by atoms with E-state index in [1.807, 2.05) is 55.5 Å². The van der Waals surface area contributed by atoms with Crippen molar-refractivity contribution >= 4 is 17.9 Å². The van der Waals surface area contributed by atoms with E-state index in [1.54, 1.807) is 26.8 Å². The smallest absolute Gasteiger partial charge is 0.408 e. The minimum atomic E-state index is -1.26. The summed E-state index contributed by atoms with van der Waals surface area (Å²) in [7, 11) is 1.47. The number of carbonyl (C=O) groups is 3. The zero-order valence-electron chi connectivity index (χ0n) is 19.8. The molecule has 0 radical (unpaired) electrons. The second-order valence-corrected chi connectivity index (χ2v) is 8.85. The summed E-state index contributed by atoms with van der Waals surface area (Å²) in [6, 6.07) is 14.5. The number of hydrogen-bond acceptors (Lipinski definition) is 5. The van der Waals surface area contributed by atoms with Gasteiger partial charge in [0.05, 0.1) is 6.61 Å². The summed E-state index contributed by atoms with van der Waals surface area (Å²) in [6.07, 6.45) is -0.830. The van der Waals surface area contributed by atoms with Crippen molar-refractivity contribution in [1.29, 1.82) is 0 Å². The van der Waals surface area contributed by atoms with Crippen LogP contribution in [0.5, 0.6) is 0 Å². The third-order valence-electron chi connectivity index (χ3n) is 4.82. The number of carbonyl (C=O) groups excluding carboxylic acids is 3. The molecule has 2 unspecified atom stereocenters. The Morgan fingerprint density at radius 1 is 1.06 bits per heavy atom. The van der Waals surface area contributed by atoms with Gasteiger partial charge < -0.3 is 25.4 Å². The monoisotopic (exact) mass is 455 g/mol. The number of benzene rings is 2. The number of likely N-dealkylation sites (N-methyl/N-ethyl adjacent to an activating group) is 1. The Hall–Kier alpha value is -3.39. The summed E-state index contributed by atoms with van der Waals surface area (Å²) in [4.78, 5) is 39.8. The highest BCUT2D eigenvalue weighted by Crippen LogP contribution is 2.22. The van der Waals surface area contributed by atoms with E-state index in [1.165, 1.54) is 11.9 Å². The fourth-order valence-corrected chi connectivity index (χ4v) is 3.28. The number of nitrogens with zero attached hydrogens (tertiary/aromatic N) is 1. The Balaban J connectivity index is 2.24. The predicted molar refractivity (Wildman–Crippen MR) is 125 cm³/mol. The summed E-state index contributed by atoms with van der Waals surface area (Å²) >= 11 is 0. The minimum absolute atomic E-state index is 0.295. The van der Waals surface area contributed by atoms with Gasteiger partial charge in [0.1, 0.15) is 17.7 Å². The zero-order valence-corrected chi connectivity index (χ0v) is 19.8. The van der Waals surface area contributed by atoms with Crippen LogP contribution in [0.3, 0.4) is 0 Å². The lowest BCUT2D eigenvalue weighted by molar-refractivity contribution is -0.141. The van der Waals surface area contributed by atoms with Gasteiger partial charge in [-0.05, 0) is 38.8 Å². The molecule has 3 N–H and O–H groups in total. The van der Waals surface area contributed by atoms with Crippen LogP contribution in [0.4, 0.5) is 4.79 Å². The first-order valence-electron chi connectivity index (χ1n) is 10.8. The molecule has 178 valence electrons. The first-order chi connectivity index (χ1) is 15.5. The quantitative estimate of drug-likeness (QED) is 0.567. The average molecular weight is 456 g/mol. The van der Waals surface area contributed by atoms with E-state index in [0.717, 1.165) is 11.1 Å². The second-order valence-electron chi connectivity index (χ2n) is 8.85. The number of rotatable bonds is 8. The van der Waals surface area contributed by atoms with Crippen molar-refractivity contribution in [3.05, 3.63) is 71.3 Å². The van der Waals surface area contributed by atoms with Crippen LogP contribution in [0.1, 0.15) is 43.5 Å². The third-order valence-corrected chi connectivity index (χ3v) is 4.82. The molecule has 0 aliphatic rings.